The van der Waals surface area contributed by atoms with Crippen LogP contribution in [0.4, 0.5) is 0 Å². The van der Waals surface area contributed by atoms with Gasteiger partial charge in [-0.1, -0.05) is 218 Å². The molecule has 7 nitrogen and oxygen atoms in total. The van der Waals surface area contributed by atoms with Crippen molar-refractivity contribution in [2.45, 2.75) is 250 Å². The summed E-state index contributed by atoms with van der Waals surface area (Å²) in [6.45, 7) is 4.84. The summed E-state index contributed by atoms with van der Waals surface area (Å²) in [6, 6.07) is 3.26. The topological polar surface area (TPSA) is 107 Å². The van der Waals surface area contributed by atoms with Crippen molar-refractivity contribution in [3.8, 4) is 0 Å². The van der Waals surface area contributed by atoms with Gasteiger partial charge >= 0.3 is 11.9 Å². The normalized spacial score (nSPS) is 11.9. The predicted molar refractivity (Wildman–Crippen MR) is 253 cm³/mol. The van der Waals surface area contributed by atoms with Crippen LogP contribution < -0.4 is 0 Å². The molecule has 346 valence electrons. The standard InChI is InChI=1S/C52H90O7S/c1-3-5-7-9-11-13-15-17-19-21-23-25-27-29-31-33-35-37-39-41-45-58-51(53)49-44-43-48(60(55,56)57)47-50(49)52(54)59-46-42-40-38-36-34-32-30-28-26-24-22-20-18-16-14-12-10-8-6-4-2/h35-38,43-44,47H,3-34,39-42,45-46H2,1-2H3,(H,55,56,57)/b37-35+,38-36+. The second-order valence-electron chi connectivity index (χ2n) is 17.2. The van der Waals surface area contributed by atoms with E-state index in [1.54, 1.807) is 0 Å². The van der Waals surface area contributed by atoms with Gasteiger partial charge in [0.15, 0.2) is 0 Å². The average molecular weight is 859 g/mol. The molecule has 0 amide bonds. The second-order valence-corrected chi connectivity index (χ2v) is 18.6. The van der Waals surface area contributed by atoms with E-state index in [2.05, 4.69) is 38.2 Å². The molecule has 60 heavy (non-hydrogen) atoms. The van der Waals surface area contributed by atoms with Crippen molar-refractivity contribution in [3.63, 3.8) is 0 Å². The molecule has 0 fully saturated rings. The minimum atomic E-state index is -4.58. The maximum atomic E-state index is 13.0. The zero-order valence-corrected chi connectivity index (χ0v) is 39.5. The van der Waals surface area contributed by atoms with Gasteiger partial charge in [-0.05, 0) is 69.6 Å². The fourth-order valence-electron chi connectivity index (χ4n) is 7.66. The van der Waals surface area contributed by atoms with E-state index in [4.69, 9.17) is 9.47 Å². The lowest BCUT2D eigenvalue weighted by atomic mass is 10.0. The van der Waals surface area contributed by atoms with Gasteiger partial charge in [-0.25, -0.2) is 9.59 Å². The number of unbranched alkanes of at least 4 members (excludes halogenated alkanes) is 32. The highest BCUT2D eigenvalue weighted by Gasteiger charge is 2.23. The molecule has 0 aliphatic carbocycles. The maximum Gasteiger partial charge on any atom is 0.339 e. The number of rotatable bonds is 43. The Balaban J connectivity index is 2.18. The first-order valence-corrected chi connectivity index (χ1v) is 26.5. The Labute approximate surface area is 369 Å². The van der Waals surface area contributed by atoms with Gasteiger partial charge in [0.25, 0.3) is 10.1 Å². The Bertz CT molecular complexity index is 1340. The number of hydrogen-bond acceptors (Lipinski definition) is 6. The molecular weight excluding hydrogens is 769 g/mol. The SMILES string of the molecule is CCCCCCCCCCCCCCCCC/C=C/CCCOC(=O)c1ccc(S(=O)(=O)O)cc1C(=O)OCCC/C=C/CCCCCCCCCCCCCCCCC. The average Bonchev–Trinajstić information content (AvgIpc) is 3.24. The zero-order chi connectivity index (χ0) is 43.6. The molecule has 1 aromatic rings. The van der Waals surface area contributed by atoms with Crippen molar-refractivity contribution in [2.75, 3.05) is 13.2 Å². The Morgan fingerprint density at radius 1 is 0.433 bits per heavy atom. The van der Waals surface area contributed by atoms with Crippen LogP contribution in [0.25, 0.3) is 0 Å². The Morgan fingerprint density at radius 3 is 1.03 bits per heavy atom. The van der Waals surface area contributed by atoms with Crippen LogP contribution >= 0.6 is 0 Å². The van der Waals surface area contributed by atoms with Gasteiger partial charge in [0, 0.05) is 0 Å². The second kappa shape index (κ2) is 40.6. The lowest BCUT2D eigenvalue weighted by molar-refractivity contribution is 0.0453. The molecule has 1 N–H and O–H groups in total. The Morgan fingerprint density at radius 2 is 0.717 bits per heavy atom. The lowest BCUT2D eigenvalue weighted by Crippen LogP contribution is -2.16. The molecule has 0 unspecified atom stereocenters. The third-order valence-corrected chi connectivity index (χ3v) is 12.4. The van der Waals surface area contributed by atoms with Crippen molar-refractivity contribution in [2.24, 2.45) is 0 Å². The number of hydrogen-bond donors (Lipinski definition) is 1. The summed E-state index contributed by atoms with van der Waals surface area (Å²) < 4.78 is 44.0. The first kappa shape index (κ1) is 55.6. The van der Waals surface area contributed by atoms with E-state index in [-0.39, 0.29) is 24.3 Å². The molecule has 0 heterocycles. The van der Waals surface area contributed by atoms with Gasteiger partial charge in [0.2, 0.25) is 0 Å². The van der Waals surface area contributed by atoms with E-state index in [0.29, 0.717) is 12.8 Å². The van der Waals surface area contributed by atoms with Crippen molar-refractivity contribution in [1.29, 1.82) is 0 Å². The first-order chi connectivity index (χ1) is 29.3. The van der Waals surface area contributed by atoms with Gasteiger partial charge in [0.05, 0.1) is 29.2 Å². The van der Waals surface area contributed by atoms with E-state index < -0.39 is 27.0 Å². The number of ether oxygens (including phenoxy) is 2. The summed E-state index contributed by atoms with van der Waals surface area (Å²) >= 11 is 0. The van der Waals surface area contributed by atoms with Gasteiger partial charge in [-0.3, -0.25) is 4.55 Å². The van der Waals surface area contributed by atoms with E-state index in [9.17, 15) is 22.6 Å². The van der Waals surface area contributed by atoms with Crippen molar-refractivity contribution >= 4 is 22.1 Å². The van der Waals surface area contributed by atoms with Crippen LogP contribution in [-0.4, -0.2) is 38.1 Å². The van der Waals surface area contributed by atoms with Crippen LogP contribution in [0, 0.1) is 0 Å². The first-order valence-electron chi connectivity index (χ1n) is 25.1. The summed E-state index contributed by atoms with van der Waals surface area (Å²) in [6.07, 6.45) is 54.2. The molecule has 1 aromatic carbocycles. The number of carbonyl (C=O) groups excluding carboxylic acids is 2. The molecule has 0 aromatic heterocycles. The van der Waals surface area contributed by atoms with E-state index >= 15 is 0 Å². The van der Waals surface area contributed by atoms with Gasteiger partial charge < -0.3 is 9.47 Å². The summed E-state index contributed by atoms with van der Waals surface area (Å²) in [5, 5.41) is 0. The van der Waals surface area contributed by atoms with Crippen molar-refractivity contribution < 1.29 is 32.0 Å². The van der Waals surface area contributed by atoms with Crippen molar-refractivity contribution in [1.82, 2.24) is 0 Å². The molecule has 0 aliphatic heterocycles. The third kappa shape index (κ3) is 33.2. The third-order valence-electron chi connectivity index (χ3n) is 11.5. The molecule has 0 spiro atoms. The lowest BCUT2D eigenvalue weighted by Gasteiger charge is -2.11. The Hall–Kier alpha value is -2.45. The highest BCUT2D eigenvalue weighted by molar-refractivity contribution is 7.85. The van der Waals surface area contributed by atoms with Crippen LogP contribution in [0.2, 0.25) is 0 Å². The minimum Gasteiger partial charge on any atom is -0.462 e. The molecule has 0 radical (unpaired) electrons. The molecule has 0 saturated heterocycles. The minimum absolute atomic E-state index is 0.0838. The number of benzene rings is 1. The molecular formula is C52H90O7S. The molecule has 0 aliphatic rings. The number of carbonyl (C=O) groups is 2. The van der Waals surface area contributed by atoms with Crippen molar-refractivity contribution in [3.05, 3.63) is 53.6 Å². The smallest absolute Gasteiger partial charge is 0.339 e. The molecule has 8 heteroatoms. The summed E-state index contributed by atoms with van der Waals surface area (Å²) in [5.74, 6) is -1.55. The highest BCUT2D eigenvalue weighted by Crippen LogP contribution is 2.20. The molecule has 1 rings (SSSR count). The monoisotopic (exact) mass is 859 g/mol. The van der Waals surface area contributed by atoms with Crippen LogP contribution in [-0.2, 0) is 19.6 Å². The summed E-state index contributed by atoms with van der Waals surface area (Å²) in [4.78, 5) is 25.4. The molecule has 0 saturated carbocycles. The zero-order valence-electron chi connectivity index (χ0n) is 38.7. The fourth-order valence-corrected chi connectivity index (χ4v) is 8.16. The maximum absolute atomic E-state index is 13.0. The van der Waals surface area contributed by atoms with E-state index in [0.717, 1.165) is 37.8 Å². The van der Waals surface area contributed by atoms with Gasteiger partial charge in [-0.2, -0.15) is 8.42 Å². The largest absolute Gasteiger partial charge is 0.462 e. The Kier molecular flexibility index (Phi) is 37.6. The van der Waals surface area contributed by atoms with E-state index in [1.165, 1.54) is 199 Å². The van der Waals surface area contributed by atoms with Gasteiger partial charge in [0.1, 0.15) is 0 Å². The fraction of sp³-hybridized carbons (Fsp3) is 0.769. The quantitative estimate of drug-likeness (QED) is 0.0302. The highest BCUT2D eigenvalue weighted by atomic mass is 32.2. The number of allylic oxidation sites excluding steroid dienone is 4. The van der Waals surface area contributed by atoms with Crippen LogP contribution in [0.15, 0.2) is 47.4 Å². The van der Waals surface area contributed by atoms with E-state index in [1.807, 2.05) is 0 Å². The molecule has 0 bridgehead atoms. The van der Waals surface area contributed by atoms with Gasteiger partial charge in [-0.15, -0.1) is 0 Å². The summed E-state index contributed by atoms with van der Waals surface area (Å²) in [7, 11) is -4.58. The number of esters is 2. The van der Waals surface area contributed by atoms with Crippen LogP contribution in [0.5, 0.6) is 0 Å². The molecule has 0 atom stereocenters. The predicted octanol–water partition coefficient (Wildman–Crippen LogP) is 16.4. The van der Waals surface area contributed by atoms with Crippen LogP contribution in [0.3, 0.4) is 0 Å². The van der Waals surface area contributed by atoms with Crippen LogP contribution in [0.1, 0.15) is 266 Å². The summed E-state index contributed by atoms with van der Waals surface area (Å²) in [5.41, 5.74) is -0.318.